The second-order valence-corrected chi connectivity index (χ2v) is 15.9. The molecule has 3 heterocycles. The van der Waals surface area contributed by atoms with E-state index in [4.69, 9.17) is 23.8 Å². The van der Waals surface area contributed by atoms with Gasteiger partial charge in [-0.05, 0) is 74.1 Å². The van der Waals surface area contributed by atoms with Gasteiger partial charge in [0.25, 0.3) is 5.91 Å². The number of nitrogens with one attached hydrogen (secondary N) is 2. The van der Waals surface area contributed by atoms with Crippen molar-refractivity contribution in [3.05, 3.63) is 107 Å². The number of amides is 2. The van der Waals surface area contributed by atoms with Crippen LogP contribution in [-0.4, -0.2) is 94.5 Å². The SMILES string of the molecule is CC(C)(C)OC(=O)CCC(CO)NC(=O)c1cccc(CNC(=O)C23CC4OC(=O)C2N(Cc2cccc(C=CCc5ccccc5O)c2)OC3C2OCOC42)c1. The van der Waals surface area contributed by atoms with Gasteiger partial charge in [0.2, 0.25) is 5.91 Å². The second kappa shape index (κ2) is 16.8. The fourth-order valence-electron chi connectivity index (χ4n) is 8.15. The number of fused-ring (bicyclic) bond motifs is 4. The van der Waals surface area contributed by atoms with Crippen LogP contribution in [0, 0.1) is 5.41 Å². The Labute approximate surface area is 331 Å². The molecule has 3 aromatic rings. The summed E-state index contributed by atoms with van der Waals surface area (Å²) in [5.74, 6) is -1.63. The van der Waals surface area contributed by atoms with Crippen LogP contribution in [0.25, 0.3) is 6.08 Å². The molecular weight excluding hydrogens is 734 g/mol. The molecule has 7 rings (SSSR count). The van der Waals surface area contributed by atoms with Gasteiger partial charge >= 0.3 is 11.9 Å². The van der Waals surface area contributed by atoms with E-state index in [1.165, 1.54) is 5.06 Å². The van der Waals surface area contributed by atoms with Crippen molar-refractivity contribution in [3.8, 4) is 5.75 Å². The molecule has 3 saturated heterocycles. The van der Waals surface area contributed by atoms with Crippen molar-refractivity contribution in [3.63, 3.8) is 0 Å². The summed E-state index contributed by atoms with van der Waals surface area (Å²) < 4.78 is 23.0. The van der Waals surface area contributed by atoms with Crippen molar-refractivity contribution < 1.29 is 53.2 Å². The normalized spacial score (nSPS) is 25.8. The number of phenols is 1. The Kier molecular flexibility index (Phi) is 11.8. The van der Waals surface area contributed by atoms with E-state index < -0.39 is 71.3 Å². The van der Waals surface area contributed by atoms with Crippen LogP contribution < -0.4 is 10.6 Å². The Morgan fingerprint density at radius 1 is 1.02 bits per heavy atom. The minimum atomic E-state index is -1.36. The highest BCUT2D eigenvalue weighted by molar-refractivity contribution is 5.95. The maximum atomic E-state index is 14.5. The number of esters is 2. The van der Waals surface area contributed by atoms with Crippen LogP contribution in [-0.2, 0) is 57.7 Å². The van der Waals surface area contributed by atoms with Crippen LogP contribution in [0.4, 0.5) is 0 Å². The predicted molar refractivity (Wildman–Crippen MR) is 205 cm³/mol. The molecule has 1 saturated carbocycles. The largest absolute Gasteiger partial charge is 0.508 e. The van der Waals surface area contributed by atoms with Crippen LogP contribution in [0.2, 0.25) is 0 Å². The maximum Gasteiger partial charge on any atom is 0.327 e. The Hall–Kier alpha value is -5.12. The summed E-state index contributed by atoms with van der Waals surface area (Å²) in [6.07, 6.45) is 2.08. The van der Waals surface area contributed by atoms with E-state index in [1.54, 1.807) is 57.2 Å². The van der Waals surface area contributed by atoms with Gasteiger partial charge in [-0.25, -0.2) is 0 Å². The number of phenolic OH excluding ortho intramolecular Hbond substituents is 1. The van der Waals surface area contributed by atoms with Crippen LogP contribution in [0.15, 0.2) is 78.9 Å². The minimum Gasteiger partial charge on any atom is -0.508 e. The summed E-state index contributed by atoms with van der Waals surface area (Å²) in [5, 5.41) is 27.3. The van der Waals surface area contributed by atoms with Crippen molar-refractivity contribution in [2.75, 3.05) is 13.4 Å². The van der Waals surface area contributed by atoms with Gasteiger partial charge in [-0.3, -0.25) is 24.0 Å². The molecule has 4 aliphatic rings. The van der Waals surface area contributed by atoms with Crippen molar-refractivity contribution in [2.24, 2.45) is 5.41 Å². The fourth-order valence-corrected chi connectivity index (χ4v) is 8.15. The number of carbonyl (C=O) groups is 4. The molecule has 14 nitrogen and oxygen atoms in total. The molecule has 302 valence electrons. The number of ether oxygens (including phenoxy) is 4. The molecular formula is C43H49N3O11. The number of aliphatic hydroxyl groups excluding tert-OH is 1. The van der Waals surface area contributed by atoms with Gasteiger partial charge in [-0.15, -0.1) is 0 Å². The van der Waals surface area contributed by atoms with E-state index in [0.29, 0.717) is 17.5 Å². The summed E-state index contributed by atoms with van der Waals surface area (Å²) in [4.78, 5) is 60.3. The molecule has 2 amide bonds. The minimum absolute atomic E-state index is 0.0201. The number of para-hydroxylation sites is 1. The van der Waals surface area contributed by atoms with Crippen LogP contribution >= 0.6 is 0 Å². The Morgan fingerprint density at radius 2 is 1.79 bits per heavy atom. The summed E-state index contributed by atoms with van der Waals surface area (Å²) in [5.41, 5.74) is 1.49. The lowest BCUT2D eigenvalue weighted by molar-refractivity contribution is -0.201. The number of hydrogen-bond acceptors (Lipinski definition) is 12. The molecule has 57 heavy (non-hydrogen) atoms. The molecule has 7 atom stereocenters. The Morgan fingerprint density at radius 3 is 2.58 bits per heavy atom. The fraction of sp³-hybridized carbons (Fsp3) is 0.442. The number of benzene rings is 3. The number of allylic oxidation sites excluding steroid dienone is 1. The van der Waals surface area contributed by atoms with Crippen molar-refractivity contribution in [2.45, 2.75) is 102 Å². The third kappa shape index (κ3) is 8.75. The standard InChI is InChI=1S/C43H49N3O11/c1-42(2,3)56-34(49)18-17-31(24-47)45-39(50)30-15-8-11-27(20-30)22-44-41(52)43-21-33-35-36(54-25-53-35)38(43)57-46(37(43)40(51)55-33)23-28-12-6-9-26(19-28)10-7-14-29-13-4-5-16-32(29)48/h4-13,15-16,19-20,31,33,35-38,47-48H,14,17-18,21-25H2,1-3H3,(H,44,52)(H,45,50). The van der Waals surface area contributed by atoms with E-state index in [1.807, 2.05) is 48.6 Å². The predicted octanol–water partition coefficient (Wildman–Crippen LogP) is 3.72. The first-order valence-corrected chi connectivity index (χ1v) is 19.2. The van der Waals surface area contributed by atoms with Gasteiger partial charge in [-0.1, -0.05) is 66.7 Å². The molecule has 0 radical (unpaired) electrons. The molecule has 0 aromatic heterocycles. The molecule has 2 bridgehead atoms. The summed E-state index contributed by atoms with van der Waals surface area (Å²) in [6, 6.07) is 19.9. The first kappa shape index (κ1) is 40.1. The first-order valence-electron chi connectivity index (χ1n) is 19.2. The van der Waals surface area contributed by atoms with Crippen molar-refractivity contribution in [1.82, 2.24) is 15.7 Å². The monoisotopic (exact) mass is 783 g/mol. The first-order chi connectivity index (χ1) is 27.3. The van der Waals surface area contributed by atoms with Gasteiger partial charge in [0, 0.05) is 24.9 Å². The highest BCUT2D eigenvalue weighted by atomic mass is 16.8. The molecule has 3 aliphatic heterocycles. The molecule has 0 spiro atoms. The van der Waals surface area contributed by atoms with E-state index in [0.717, 1.165) is 16.7 Å². The number of nitrogens with zero attached hydrogens (tertiary/aromatic N) is 1. The van der Waals surface area contributed by atoms with Crippen molar-refractivity contribution in [1.29, 1.82) is 0 Å². The molecule has 4 fully saturated rings. The number of rotatable bonds is 14. The zero-order chi connectivity index (χ0) is 40.3. The van der Waals surface area contributed by atoms with Gasteiger partial charge in [0.05, 0.1) is 19.2 Å². The van der Waals surface area contributed by atoms with E-state index in [9.17, 15) is 29.4 Å². The van der Waals surface area contributed by atoms with E-state index >= 15 is 0 Å². The average Bonchev–Trinajstić information content (AvgIpc) is 3.81. The topological polar surface area (TPSA) is 182 Å². The van der Waals surface area contributed by atoms with Gasteiger partial charge in [-0.2, -0.15) is 5.06 Å². The maximum absolute atomic E-state index is 14.5. The second-order valence-electron chi connectivity index (χ2n) is 15.9. The van der Waals surface area contributed by atoms with Crippen LogP contribution in [0.1, 0.15) is 72.6 Å². The number of hydrogen-bond donors (Lipinski definition) is 4. The van der Waals surface area contributed by atoms with Crippen LogP contribution in [0.5, 0.6) is 5.75 Å². The lowest BCUT2D eigenvalue weighted by Crippen LogP contribution is -2.69. The summed E-state index contributed by atoms with van der Waals surface area (Å²) in [6.45, 7) is 5.15. The molecule has 7 unspecified atom stereocenters. The number of aliphatic hydroxyl groups is 1. The Bertz CT molecular complexity index is 2010. The third-order valence-corrected chi connectivity index (χ3v) is 10.7. The van der Waals surface area contributed by atoms with Gasteiger partial charge < -0.3 is 39.8 Å². The van der Waals surface area contributed by atoms with E-state index in [-0.39, 0.29) is 51.5 Å². The Balaban J connectivity index is 1.04. The molecule has 1 aliphatic carbocycles. The van der Waals surface area contributed by atoms with Crippen LogP contribution in [0.3, 0.4) is 0 Å². The summed E-state index contributed by atoms with van der Waals surface area (Å²) in [7, 11) is 0. The number of hydroxylamine groups is 2. The summed E-state index contributed by atoms with van der Waals surface area (Å²) >= 11 is 0. The highest BCUT2D eigenvalue weighted by Crippen LogP contribution is 2.55. The zero-order valence-corrected chi connectivity index (χ0v) is 32.2. The lowest BCUT2D eigenvalue weighted by atomic mass is 9.62. The van der Waals surface area contributed by atoms with E-state index in [2.05, 4.69) is 10.6 Å². The van der Waals surface area contributed by atoms with Gasteiger partial charge in [0.1, 0.15) is 48.0 Å². The van der Waals surface area contributed by atoms with Crippen molar-refractivity contribution >= 4 is 29.8 Å². The molecule has 14 heteroatoms. The average molecular weight is 784 g/mol. The zero-order valence-electron chi connectivity index (χ0n) is 32.2. The number of aromatic hydroxyl groups is 1. The highest BCUT2D eigenvalue weighted by Gasteiger charge is 2.74. The number of carbonyl (C=O) groups excluding carboxylic acids is 4. The van der Waals surface area contributed by atoms with Gasteiger partial charge in [0.15, 0.2) is 6.04 Å². The third-order valence-electron chi connectivity index (χ3n) is 10.7. The molecule has 3 aromatic carbocycles. The molecule has 4 N–H and O–H groups in total. The smallest absolute Gasteiger partial charge is 0.327 e. The lowest BCUT2D eigenvalue weighted by Gasteiger charge is -2.48. The quantitative estimate of drug-likeness (QED) is 0.174.